The van der Waals surface area contributed by atoms with E-state index in [1.165, 1.54) is 0 Å². The molecule has 1 aliphatic carbocycles. The molecule has 3 rings (SSSR count). The summed E-state index contributed by atoms with van der Waals surface area (Å²) in [5, 5.41) is 1.07. The monoisotopic (exact) mass is 272 g/mol. The fourth-order valence-corrected chi connectivity index (χ4v) is 2.93. The molecule has 1 heterocycles. The van der Waals surface area contributed by atoms with Crippen LogP contribution >= 0.6 is 0 Å². The highest BCUT2D eigenvalue weighted by molar-refractivity contribution is 5.94. The summed E-state index contributed by atoms with van der Waals surface area (Å²) in [6.45, 7) is 5.63. The number of ether oxygens (including phenoxy) is 1. The topological polar surface area (TPSA) is 57.2 Å². The predicted molar refractivity (Wildman–Crippen MR) is 78.8 cm³/mol. The van der Waals surface area contributed by atoms with Crippen LogP contribution in [0, 0.1) is 0 Å². The minimum Gasteiger partial charge on any atom is -0.443 e. The maximum Gasteiger partial charge on any atom is 0.419 e. The van der Waals surface area contributed by atoms with Crippen molar-refractivity contribution in [1.29, 1.82) is 0 Å². The van der Waals surface area contributed by atoms with Gasteiger partial charge in [0.05, 0.1) is 5.52 Å². The van der Waals surface area contributed by atoms with Crippen LogP contribution in [0.25, 0.3) is 10.9 Å². The van der Waals surface area contributed by atoms with Gasteiger partial charge < -0.3 is 10.5 Å². The first-order valence-corrected chi connectivity index (χ1v) is 6.99. The first kappa shape index (κ1) is 13.2. The third-order valence-corrected chi connectivity index (χ3v) is 3.65. The fourth-order valence-electron chi connectivity index (χ4n) is 2.93. The third kappa shape index (κ3) is 2.00. The molecular formula is C16H20N2O2. The number of carbonyl (C=O) groups excluding carboxylic acids is 1. The molecule has 2 N–H and O–H groups in total. The second-order valence-corrected chi connectivity index (χ2v) is 6.34. The summed E-state index contributed by atoms with van der Waals surface area (Å²) in [6.07, 6.45) is 1.40. The maximum absolute atomic E-state index is 12.5. The lowest BCUT2D eigenvalue weighted by Crippen LogP contribution is -2.27. The number of fused-ring (bicyclic) bond motifs is 3. The van der Waals surface area contributed by atoms with Crippen molar-refractivity contribution in [3.63, 3.8) is 0 Å². The summed E-state index contributed by atoms with van der Waals surface area (Å²) in [5.74, 6) is 0. The van der Waals surface area contributed by atoms with Crippen molar-refractivity contribution >= 4 is 17.0 Å². The number of rotatable bonds is 0. The molecule has 0 radical (unpaired) electrons. The Balaban J connectivity index is 2.19. The number of carbonyl (C=O) groups is 1. The van der Waals surface area contributed by atoms with Crippen LogP contribution in [0.15, 0.2) is 24.3 Å². The van der Waals surface area contributed by atoms with E-state index in [1.54, 1.807) is 4.57 Å². The normalized spacial score (nSPS) is 18.3. The largest absolute Gasteiger partial charge is 0.443 e. The zero-order valence-electron chi connectivity index (χ0n) is 12.1. The SMILES string of the molecule is CC(C)(C)OC(=O)n1c2c(c3ccccc31)C(N)CC2. The van der Waals surface area contributed by atoms with Gasteiger partial charge >= 0.3 is 6.09 Å². The summed E-state index contributed by atoms with van der Waals surface area (Å²) in [6, 6.07) is 7.90. The second-order valence-electron chi connectivity index (χ2n) is 6.34. The Morgan fingerprint density at radius 3 is 2.75 bits per heavy atom. The van der Waals surface area contributed by atoms with Crippen LogP contribution in [0.3, 0.4) is 0 Å². The number of hydrogen-bond acceptors (Lipinski definition) is 3. The Labute approximate surface area is 118 Å². The highest BCUT2D eigenvalue weighted by Gasteiger charge is 2.31. The van der Waals surface area contributed by atoms with E-state index in [1.807, 2.05) is 45.0 Å². The molecule has 0 saturated heterocycles. The molecule has 1 unspecified atom stereocenters. The van der Waals surface area contributed by atoms with Crippen molar-refractivity contribution in [2.45, 2.75) is 45.3 Å². The predicted octanol–water partition coefficient (Wildman–Crippen LogP) is 3.37. The van der Waals surface area contributed by atoms with Crippen LogP contribution in [-0.4, -0.2) is 16.3 Å². The molecule has 4 heteroatoms. The smallest absolute Gasteiger partial charge is 0.419 e. The molecular weight excluding hydrogens is 252 g/mol. The number of para-hydroxylation sites is 1. The molecule has 0 bridgehead atoms. The number of nitrogens with zero attached hydrogens (tertiary/aromatic N) is 1. The zero-order chi connectivity index (χ0) is 14.5. The Morgan fingerprint density at radius 2 is 2.05 bits per heavy atom. The molecule has 2 aromatic rings. The van der Waals surface area contributed by atoms with E-state index in [0.29, 0.717) is 0 Å². The van der Waals surface area contributed by atoms with Crippen molar-refractivity contribution in [1.82, 2.24) is 4.57 Å². The summed E-state index contributed by atoms with van der Waals surface area (Å²) in [4.78, 5) is 12.5. The van der Waals surface area contributed by atoms with Gasteiger partial charge in [0, 0.05) is 17.1 Å². The van der Waals surface area contributed by atoms with E-state index in [2.05, 4.69) is 0 Å². The first-order chi connectivity index (χ1) is 9.38. The minimum atomic E-state index is -0.504. The molecule has 4 nitrogen and oxygen atoms in total. The molecule has 1 aromatic carbocycles. The number of hydrogen-bond donors (Lipinski definition) is 1. The Morgan fingerprint density at radius 1 is 1.35 bits per heavy atom. The zero-order valence-corrected chi connectivity index (χ0v) is 12.1. The molecule has 20 heavy (non-hydrogen) atoms. The van der Waals surface area contributed by atoms with Gasteiger partial charge in [-0.1, -0.05) is 18.2 Å². The molecule has 0 amide bonds. The quantitative estimate of drug-likeness (QED) is 0.800. The van der Waals surface area contributed by atoms with Gasteiger partial charge in [-0.3, -0.25) is 0 Å². The lowest BCUT2D eigenvalue weighted by Gasteiger charge is -2.20. The van der Waals surface area contributed by atoms with E-state index in [0.717, 1.165) is 35.0 Å². The van der Waals surface area contributed by atoms with E-state index in [9.17, 15) is 4.79 Å². The second kappa shape index (κ2) is 4.35. The molecule has 1 aliphatic rings. The van der Waals surface area contributed by atoms with Crippen LogP contribution in [0.4, 0.5) is 4.79 Å². The third-order valence-electron chi connectivity index (χ3n) is 3.65. The van der Waals surface area contributed by atoms with Crippen LogP contribution in [-0.2, 0) is 11.2 Å². The van der Waals surface area contributed by atoms with Gasteiger partial charge in [-0.05, 0) is 45.2 Å². The highest BCUT2D eigenvalue weighted by Crippen LogP contribution is 2.38. The number of benzene rings is 1. The van der Waals surface area contributed by atoms with Crippen LogP contribution in [0.1, 0.15) is 44.5 Å². The van der Waals surface area contributed by atoms with Crippen LogP contribution in [0.2, 0.25) is 0 Å². The average molecular weight is 272 g/mol. The lowest BCUT2D eigenvalue weighted by atomic mass is 10.1. The molecule has 0 fully saturated rings. The van der Waals surface area contributed by atoms with Gasteiger partial charge in [0.15, 0.2) is 0 Å². The molecule has 1 atom stereocenters. The van der Waals surface area contributed by atoms with Crippen molar-refractivity contribution in [3.05, 3.63) is 35.5 Å². The molecule has 0 saturated carbocycles. The summed E-state index contributed by atoms with van der Waals surface area (Å²) in [7, 11) is 0. The average Bonchev–Trinajstić information content (AvgIpc) is 2.85. The van der Waals surface area contributed by atoms with Crippen molar-refractivity contribution in [2.24, 2.45) is 5.73 Å². The lowest BCUT2D eigenvalue weighted by molar-refractivity contribution is 0.0540. The summed E-state index contributed by atoms with van der Waals surface area (Å²) in [5.41, 5.74) is 8.69. The fraction of sp³-hybridized carbons (Fsp3) is 0.438. The molecule has 0 aliphatic heterocycles. The standard InChI is InChI=1S/C16H20N2O2/c1-16(2,3)20-15(19)18-12-7-5-4-6-10(12)14-11(17)8-9-13(14)18/h4-7,11H,8-9,17H2,1-3H3. The highest BCUT2D eigenvalue weighted by atomic mass is 16.6. The first-order valence-electron chi connectivity index (χ1n) is 6.99. The molecule has 1 aromatic heterocycles. The number of nitrogens with two attached hydrogens (primary N) is 1. The van der Waals surface area contributed by atoms with Crippen molar-refractivity contribution in [3.8, 4) is 0 Å². The minimum absolute atomic E-state index is 0.0126. The van der Waals surface area contributed by atoms with E-state index >= 15 is 0 Å². The molecule has 106 valence electrons. The maximum atomic E-state index is 12.5. The van der Waals surface area contributed by atoms with E-state index in [-0.39, 0.29) is 12.1 Å². The van der Waals surface area contributed by atoms with Gasteiger partial charge in [-0.15, -0.1) is 0 Å². The Kier molecular flexibility index (Phi) is 2.87. The van der Waals surface area contributed by atoms with Crippen LogP contribution in [0.5, 0.6) is 0 Å². The van der Waals surface area contributed by atoms with E-state index < -0.39 is 5.60 Å². The van der Waals surface area contributed by atoms with Gasteiger partial charge in [0.25, 0.3) is 0 Å². The number of aromatic nitrogens is 1. The Bertz CT molecular complexity index is 680. The van der Waals surface area contributed by atoms with Crippen LogP contribution < -0.4 is 5.73 Å². The van der Waals surface area contributed by atoms with E-state index in [4.69, 9.17) is 10.5 Å². The summed E-state index contributed by atoms with van der Waals surface area (Å²) >= 11 is 0. The van der Waals surface area contributed by atoms with Gasteiger partial charge in [0.1, 0.15) is 5.60 Å². The van der Waals surface area contributed by atoms with Gasteiger partial charge in [-0.2, -0.15) is 0 Å². The Hall–Kier alpha value is -1.81. The van der Waals surface area contributed by atoms with Gasteiger partial charge in [0.2, 0.25) is 0 Å². The van der Waals surface area contributed by atoms with Crippen molar-refractivity contribution < 1.29 is 9.53 Å². The van der Waals surface area contributed by atoms with Gasteiger partial charge in [-0.25, -0.2) is 9.36 Å². The van der Waals surface area contributed by atoms with Crippen molar-refractivity contribution in [2.75, 3.05) is 0 Å². The molecule has 0 spiro atoms. The summed E-state index contributed by atoms with van der Waals surface area (Å²) < 4.78 is 7.23.